The molecule has 2 aromatic heterocycles. The van der Waals surface area contributed by atoms with Gasteiger partial charge in [0.25, 0.3) is 0 Å². The normalized spacial score (nSPS) is 10.7. The molecule has 2 heterocycles. The minimum absolute atomic E-state index is 0.409. The van der Waals surface area contributed by atoms with Crippen LogP contribution < -0.4 is 10.2 Å². The van der Waals surface area contributed by atoms with Gasteiger partial charge in [0.15, 0.2) is 11.5 Å². The number of rotatable bonds is 6. The smallest absolute Gasteiger partial charge is 0.362 e. The summed E-state index contributed by atoms with van der Waals surface area (Å²) in [7, 11) is 1.63. The summed E-state index contributed by atoms with van der Waals surface area (Å²) in [5.74, 6) is 0.703. The third kappa shape index (κ3) is 4.22. The molecule has 0 saturated carbocycles. The van der Waals surface area contributed by atoms with Crippen LogP contribution in [0.1, 0.15) is 15.9 Å². The first-order chi connectivity index (χ1) is 14.1. The second kappa shape index (κ2) is 8.32. The Kier molecular flexibility index (Phi) is 5.44. The molecule has 146 valence electrons. The maximum absolute atomic E-state index is 12.2. The van der Waals surface area contributed by atoms with E-state index in [0.717, 1.165) is 21.2 Å². The Bertz CT molecular complexity index is 1140. The van der Waals surface area contributed by atoms with E-state index in [9.17, 15) is 4.79 Å². The van der Waals surface area contributed by atoms with E-state index in [1.54, 1.807) is 42.3 Å². The molecule has 0 radical (unpaired) electrons. The first-order valence-electron chi connectivity index (χ1n) is 8.81. The molecule has 0 aliphatic carbocycles. The van der Waals surface area contributed by atoms with Crippen molar-refractivity contribution < 1.29 is 14.4 Å². The lowest BCUT2D eigenvalue weighted by atomic mass is 10.2. The van der Waals surface area contributed by atoms with Gasteiger partial charge in [0.2, 0.25) is 0 Å². The molecule has 1 N–H and O–H groups in total. The average molecular weight is 453 g/mol. The van der Waals surface area contributed by atoms with E-state index in [0.29, 0.717) is 23.6 Å². The minimum Gasteiger partial charge on any atom is -0.497 e. The number of hydrogen-bond donors (Lipinski definition) is 1. The van der Waals surface area contributed by atoms with Crippen molar-refractivity contribution in [2.24, 2.45) is 0 Å². The summed E-state index contributed by atoms with van der Waals surface area (Å²) < 4.78 is 7.75. The number of nitrogens with zero attached hydrogens (tertiary/aromatic N) is 3. The molecule has 29 heavy (non-hydrogen) atoms. The van der Waals surface area contributed by atoms with Crippen LogP contribution >= 0.6 is 15.9 Å². The molecule has 0 fully saturated rings. The van der Waals surface area contributed by atoms with E-state index >= 15 is 0 Å². The van der Waals surface area contributed by atoms with Crippen LogP contribution in [0.3, 0.4) is 0 Å². The Hall–Kier alpha value is -3.39. The maximum atomic E-state index is 12.2. The fourth-order valence-electron chi connectivity index (χ4n) is 2.85. The molecule has 0 aliphatic rings. The van der Waals surface area contributed by atoms with Crippen LogP contribution in [-0.4, -0.2) is 27.8 Å². The standard InChI is InChI=1S/C21H17BrN4O3/c1-28-17-9-7-14(8-10-17)13-26-20-18(11-16(22)12-23-20)19(24-26)25-29-21(27)15-5-3-2-4-6-15/h2-12H,13H2,1H3,(H,24,25). The van der Waals surface area contributed by atoms with Crippen LogP contribution in [0.25, 0.3) is 11.0 Å². The SMILES string of the molecule is COc1ccc(Cn2nc(NOC(=O)c3ccccc3)c3cc(Br)cnc32)cc1. The predicted molar refractivity (Wildman–Crippen MR) is 113 cm³/mol. The molecule has 8 heteroatoms. The van der Waals surface area contributed by atoms with Crippen LogP contribution in [0.4, 0.5) is 5.82 Å². The van der Waals surface area contributed by atoms with Gasteiger partial charge in [0.05, 0.1) is 24.6 Å². The zero-order valence-corrected chi connectivity index (χ0v) is 17.1. The number of halogens is 1. The molecular weight excluding hydrogens is 436 g/mol. The van der Waals surface area contributed by atoms with Crippen LogP contribution in [0.5, 0.6) is 5.75 Å². The van der Waals surface area contributed by atoms with Gasteiger partial charge in [-0.05, 0) is 51.8 Å². The fourth-order valence-corrected chi connectivity index (χ4v) is 3.18. The van der Waals surface area contributed by atoms with Crippen LogP contribution in [0.15, 0.2) is 71.3 Å². The molecule has 0 bridgehead atoms. The molecule has 0 aliphatic heterocycles. The summed E-state index contributed by atoms with van der Waals surface area (Å²) in [6, 6.07) is 18.3. The molecule has 0 atom stereocenters. The van der Waals surface area contributed by atoms with Gasteiger partial charge >= 0.3 is 5.97 Å². The van der Waals surface area contributed by atoms with E-state index in [2.05, 4.69) is 31.5 Å². The number of aromatic nitrogens is 3. The number of anilines is 1. The van der Waals surface area contributed by atoms with Crippen LogP contribution in [0, 0.1) is 0 Å². The highest BCUT2D eigenvalue weighted by atomic mass is 79.9. The van der Waals surface area contributed by atoms with Crippen molar-refractivity contribution in [2.45, 2.75) is 6.54 Å². The molecule has 0 amide bonds. The van der Waals surface area contributed by atoms with Gasteiger partial charge in [0.1, 0.15) is 5.75 Å². The summed E-state index contributed by atoms with van der Waals surface area (Å²) in [6.45, 7) is 0.503. The molecule has 4 rings (SSSR count). The number of carbonyl (C=O) groups excluding carboxylic acids is 1. The Balaban J connectivity index is 1.60. The maximum Gasteiger partial charge on any atom is 0.362 e. The lowest BCUT2D eigenvalue weighted by molar-refractivity contribution is 0.0595. The van der Waals surface area contributed by atoms with Gasteiger partial charge < -0.3 is 9.57 Å². The Morgan fingerprint density at radius 2 is 1.90 bits per heavy atom. The second-order valence-electron chi connectivity index (χ2n) is 6.24. The van der Waals surface area contributed by atoms with Crippen molar-refractivity contribution in [1.29, 1.82) is 0 Å². The largest absolute Gasteiger partial charge is 0.497 e. The highest BCUT2D eigenvalue weighted by Crippen LogP contribution is 2.25. The molecule has 2 aromatic carbocycles. The molecule has 0 unspecified atom stereocenters. The number of ether oxygens (including phenoxy) is 1. The van der Waals surface area contributed by atoms with E-state index in [1.807, 2.05) is 36.4 Å². The van der Waals surface area contributed by atoms with Crippen molar-refractivity contribution in [2.75, 3.05) is 12.6 Å². The number of pyridine rings is 1. The van der Waals surface area contributed by atoms with E-state index in [-0.39, 0.29) is 0 Å². The average Bonchev–Trinajstić information content (AvgIpc) is 3.09. The van der Waals surface area contributed by atoms with Crippen molar-refractivity contribution in [3.63, 3.8) is 0 Å². The minimum atomic E-state index is -0.494. The quantitative estimate of drug-likeness (QED) is 0.435. The Morgan fingerprint density at radius 3 is 2.62 bits per heavy atom. The van der Waals surface area contributed by atoms with E-state index < -0.39 is 5.97 Å². The highest BCUT2D eigenvalue weighted by molar-refractivity contribution is 9.10. The van der Waals surface area contributed by atoms with Crippen molar-refractivity contribution in [3.8, 4) is 5.75 Å². The van der Waals surface area contributed by atoms with Gasteiger partial charge in [-0.3, -0.25) is 0 Å². The zero-order chi connectivity index (χ0) is 20.2. The van der Waals surface area contributed by atoms with Gasteiger partial charge in [-0.2, -0.15) is 5.48 Å². The second-order valence-corrected chi connectivity index (χ2v) is 7.15. The first-order valence-corrected chi connectivity index (χ1v) is 9.60. The van der Waals surface area contributed by atoms with Crippen molar-refractivity contribution in [3.05, 3.63) is 82.5 Å². The fraction of sp³-hybridized carbons (Fsp3) is 0.0952. The zero-order valence-electron chi connectivity index (χ0n) is 15.5. The van der Waals surface area contributed by atoms with Crippen molar-refractivity contribution >= 4 is 38.8 Å². The highest BCUT2D eigenvalue weighted by Gasteiger charge is 2.15. The number of hydrogen-bond acceptors (Lipinski definition) is 6. The summed E-state index contributed by atoms with van der Waals surface area (Å²) >= 11 is 3.43. The monoisotopic (exact) mass is 452 g/mol. The molecule has 0 saturated heterocycles. The summed E-state index contributed by atoms with van der Waals surface area (Å²) in [6.07, 6.45) is 1.70. The number of benzene rings is 2. The molecule has 4 aromatic rings. The first kappa shape index (κ1) is 18.9. The summed E-state index contributed by atoms with van der Waals surface area (Å²) in [5.41, 5.74) is 4.82. The topological polar surface area (TPSA) is 78.3 Å². The third-order valence-electron chi connectivity index (χ3n) is 4.29. The lowest BCUT2D eigenvalue weighted by Gasteiger charge is -2.05. The number of methoxy groups -OCH3 is 1. The molecule has 7 nitrogen and oxygen atoms in total. The molecule has 0 spiro atoms. The molecular formula is C21H17BrN4O3. The van der Waals surface area contributed by atoms with Crippen LogP contribution in [0.2, 0.25) is 0 Å². The van der Waals surface area contributed by atoms with E-state index in [1.165, 1.54) is 0 Å². The van der Waals surface area contributed by atoms with Gasteiger partial charge in [-0.1, -0.05) is 30.3 Å². The summed E-state index contributed by atoms with van der Waals surface area (Å²) in [5, 5.41) is 5.28. The van der Waals surface area contributed by atoms with Crippen LogP contribution in [-0.2, 0) is 11.4 Å². The third-order valence-corrected chi connectivity index (χ3v) is 4.73. The number of carbonyl (C=O) groups is 1. The lowest BCUT2D eigenvalue weighted by Crippen LogP contribution is -2.11. The van der Waals surface area contributed by atoms with E-state index in [4.69, 9.17) is 9.57 Å². The number of nitrogens with one attached hydrogen (secondary N) is 1. The Labute approximate surface area is 175 Å². The Morgan fingerprint density at radius 1 is 1.14 bits per heavy atom. The van der Waals surface area contributed by atoms with Gasteiger partial charge in [-0.15, -0.1) is 5.10 Å². The summed E-state index contributed by atoms with van der Waals surface area (Å²) in [4.78, 5) is 21.9. The predicted octanol–water partition coefficient (Wildman–Crippen LogP) is 4.43. The van der Waals surface area contributed by atoms with Gasteiger partial charge in [0, 0.05) is 10.7 Å². The van der Waals surface area contributed by atoms with Crippen molar-refractivity contribution in [1.82, 2.24) is 14.8 Å². The van der Waals surface area contributed by atoms with Gasteiger partial charge in [-0.25, -0.2) is 14.5 Å². The number of fused-ring (bicyclic) bond motifs is 1.